The predicted molar refractivity (Wildman–Crippen MR) is 47.0 cm³/mol. The molecular formula is C10H10N2. The van der Waals surface area contributed by atoms with Crippen molar-refractivity contribution >= 4 is 0 Å². The van der Waals surface area contributed by atoms with Crippen molar-refractivity contribution < 1.29 is 0 Å². The molecule has 0 unspecified atom stereocenters. The van der Waals surface area contributed by atoms with Crippen molar-refractivity contribution in [1.82, 2.24) is 0 Å². The maximum absolute atomic E-state index is 7.59. The molecule has 60 valence electrons. The molecule has 2 nitrogen and oxygen atoms in total. The van der Waals surface area contributed by atoms with Crippen LogP contribution in [0.2, 0.25) is 0 Å². The average molecular weight is 158 g/mol. The SMILES string of the molecule is Cc1ccccc1.N#CCC#N. The molecule has 0 N–H and O–H groups in total. The first-order chi connectivity index (χ1) is 5.81. The number of nitriles is 2. The molecule has 0 saturated heterocycles. The molecular weight excluding hydrogens is 148 g/mol. The van der Waals surface area contributed by atoms with E-state index in [9.17, 15) is 0 Å². The normalized spacial score (nSPS) is 6.92. The van der Waals surface area contributed by atoms with Crippen LogP contribution >= 0.6 is 0 Å². The summed E-state index contributed by atoms with van der Waals surface area (Å²) in [7, 11) is 0. The Labute approximate surface area is 72.7 Å². The lowest BCUT2D eigenvalue weighted by molar-refractivity contribution is 1.33. The molecule has 0 bridgehead atoms. The molecule has 2 heteroatoms. The molecule has 12 heavy (non-hydrogen) atoms. The van der Waals surface area contributed by atoms with Gasteiger partial charge < -0.3 is 0 Å². The second-order valence-corrected chi connectivity index (χ2v) is 2.15. The molecule has 0 amide bonds. The van der Waals surface area contributed by atoms with Gasteiger partial charge in [0.1, 0.15) is 6.42 Å². The van der Waals surface area contributed by atoms with E-state index >= 15 is 0 Å². The number of rotatable bonds is 0. The standard InChI is InChI=1S/C7H8.C3H2N2/c1-7-5-3-2-4-6-7;4-2-1-3-5/h2-6H,1H3;1H2. The lowest BCUT2D eigenvalue weighted by atomic mass is 10.2. The minimum Gasteiger partial charge on any atom is -0.197 e. The zero-order chi connectivity index (χ0) is 9.23. The summed E-state index contributed by atoms with van der Waals surface area (Å²) >= 11 is 0. The van der Waals surface area contributed by atoms with E-state index < -0.39 is 0 Å². The van der Waals surface area contributed by atoms with E-state index in [1.807, 2.05) is 18.2 Å². The largest absolute Gasteiger partial charge is 0.197 e. The summed E-state index contributed by atoms with van der Waals surface area (Å²) in [4.78, 5) is 0. The highest BCUT2D eigenvalue weighted by Crippen LogP contribution is 1.92. The summed E-state index contributed by atoms with van der Waals surface area (Å²) in [5.74, 6) is 0. The molecule has 1 rings (SSSR count). The predicted octanol–water partition coefficient (Wildman–Crippen LogP) is 2.42. The van der Waals surface area contributed by atoms with E-state index in [1.54, 1.807) is 12.1 Å². The minimum atomic E-state index is 0. The molecule has 0 radical (unpaired) electrons. The third-order valence-electron chi connectivity index (χ3n) is 1.10. The first-order valence-corrected chi connectivity index (χ1v) is 3.57. The van der Waals surface area contributed by atoms with E-state index in [0.717, 1.165) is 0 Å². The van der Waals surface area contributed by atoms with Gasteiger partial charge in [-0.05, 0) is 6.92 Å². The van der Waals surface area contributed by atoms with Crippen LogP contribution in [0.25, 0.3) is 0 Å². The van der Waals surface area contributed by atoms with Gasteiger partial charge in [-0.2, -0.15) is 10.5 Å². The van der Waals surface area contributed by atoms with Crippen LogP contribution in [0.4, 0.5) is 0 Å². The molecule has 0 fully saturated rings. The fourth-order valence-electron chi connectivity index (χ4n) is 0.570. The Morgan fingerprint density at radius 1 is 1.08 bits per heavy atom. The van der Waals surface area contributed by atoms with Gasteiger partial charge in [-0.3, -0.25) is 0 Å². The Kier molecular flexibility index (Phi) is 6.21. The first kappa shape index (κ1) is 10.2. The lowest BCUT2D eigenvalue weighted by Crippen LogP contribution is -1.62. The van der Waals surface area contributed by atoms with Crippen LogP contribution in [0.15, 0.2) is 30.3 Å². The van der Waals surface area contributed by atoms with E-state index in [4.69, 9.17) is 10.5 Å². The highest BCUT2D eigenvalue weighted by molar-refractivity contribution is 5.11. The third kappa shape index (κ3) is 6.32. The Hall–Kier alpha value is -1.80. The van der Waals surface area contributed by atoms with Gasteiger partial charge in [0, 0.05) is 0 Å². The zero-order valence-electron chi connectivity index (χ0n) is 6.99. The number of hydrogen-bond acceptors (Lipinski definition) is 2. The Morgan fingerprint density at radius 2 is 1.58 bits per heavy atom. The Balaban J connectivity index is 0.000000217. The molecule has 1 aromatic carbocycles. The van der Waals surface area contributed by atoms with Gasteiger partial charge >= 0.3 is 0 Å². The molecule has 0 aromatic heterocycles. The Bertz CT molecular complexity index is 265. The van der Waals surface area contributed by atoms with Gasteiger partial charge in [0.25, 0.3) is 0 Å². The molecule has 0 spiro atoms. The molecule has 1 aromatic rings. The third-order valence-corrected chi connectivity index (χ3v) is 1.10. The van der Waals surface area contributed by atoms with E-state index in [-0.39, 0.29) is 6.42 Å². The maximum Gasteiger partial charge on any atom is 0.122 e. The fraction of sp³-hybridized carbons (Fsp3) is 0.200. The van der Waals surface area contributed by atoms with Crippen molar-refractivity contribution in [2.75, 3.05) is 0 Å². The van der Waals surface area contributed by atoms with Gasteiger partial charge in [-0.1, -0.05) is 35.9 Å². The van der Waals surface area contributed by atoms with E-state index in [2.05, 4.69) is 19.1 Å². The van der Waals surface area contributed by atoms with Gasteiger partial charge in [0.15, 0.2) is 0 Å². The van der Waals surface area contributed by atoms with Crippen LogP contribution in [0.3, 0.4) is 0 Å². The highest BCUT2D eigenvalue weighted by atomic mass is 14.3. The fourth-order valence-corrected chi connectivity index (χ4v) is 0.570. The molecule has 0 aliphatic rings. The van der Waals surface area contributed by atoms with Crippen LogP contribution in [0, 0.1) is 29.6 Å². The van der Waals surface area contributed by atoms with Crippen LogP contribution in [0.5, 0.6) is 0 Å². The summed E-state index contributed by atoms with van der Waals surface area (Å²) in [5, 5.41) is 15.2. The maximum atomic E-state index is 7.59. The van der Waals surface area contributed by atoms with Crippen molar-refractivity contribution in [2.45, 2.75) is 13.3 Å². The quantitative estimate of drug-likeness (QED) is 0.582. The van der Waals surface area contributed by atoms with Gasteiger partial charge in [-0.15, -0.1) is 0 Å². The molecule has 0 saturated carbocycles. The van der Waals surface area contributed by atoms with Crippen molar-refractivity contribution in [3.8, 4) is 12.1 Å². The second-order valence-electron chi connectivity index (χ2n) is 2.15. The number of aryl methyl sites for hydroxylation is 1. The minimum absolute atomic E-state index is 0. The molecule has 0 atom stereocenters. The van der Waals surface area contributed by atoms with Crippen molar-refractivity contribution in [3.63, 3.8) is 0 Å². The summed E-state index contributed by atoms with van der Waals surface area (Å²) in [6.07, 6.45) is 0. The van der Waals surface area contributed by atoms with Gasteiger partial charge in [-0.25, -0.2) is 0 Å². The van der Waals surface area contributed by atoms with Gasteiger partial charge in [0.05, 0.1) is 12.1 Å². The number of hydrogen-bond donors (Lipinski definition) is 0. The van der Waals surface area contributed by atoms with E-state index in [0.29, 0.717) is 0 Å². The smallest absolute Gasteiger partial charge is 0.122 e. The van der Waals surface area contributed by atoms with Crippen molar-refractivity contribution in [2.24, 2.45) is 0 Å². The Morgan fingerprint density at radius 3 is 1.75 bits per heavy atom. The van der Waals surface area contributed by atoms with Crippen LogP contribution in [0.1, 0.15) is 12.0 Å². The number of nitrogens with zero attached hydrogens (tertiary/aromatic N) is 2. The second kappa shape index (κ2) is 7.31. The van der Waals surface area contributed by atoms with Crippen LogP contribution in [-0.2, 0) is 0 Å². The summed E-state index contributed by atoms with van der Waals surface area (Å²) in [6, 6.07) is 13.6. The first-order valence-electron chi connectivity index (χ1n) is 3.57. The average Bonchev–Trinajstić information content (AvgIpc) is 2.08. The van der Waals surface area contributed by atoms with E-state index in [1.165, 1.54) is 5.56 Å². The van der Waals surface area contributed by atoms with Crippen molar-refractivity contribution in [1.29, 1.82) is 10.5 Å². The zero-order valence-corrected chi connectivity index (χ0v) is 6.99. The van der Waals surface area contributed by atoms with Crippen molar-refractivity contribution in [3.05, 3.63) is 35.9 Å². The monoisotopic (exact) mass is 158 g/mol. The molecule has 0 aliphatic carbocycles. The number of benzene rings is 1. The highest BCUT2D eigenvalue weighted by Gasteiger charge is 1.72. The van der Waals surface area contributed by atoms with Crippen LogP contribution < -0.4 is 0 Å². The lowest BCUT2D eigenvalue weighted by Gasteiger charge is -1.82. The summed E-state index contributed by atoms with van der Waals surface area (Å²) in [6.45, 7) is 2.08. The topological polar surface area (TPSA) is 47.6 Å². The summed E-state index contributed by atoms with van der Waals surface area (Å²) < 4.78 is 0. The molecule has 0 heterocycles. The van der Waals surface area contributed by atoms with Crippen LogP contribution in [-0.4, -0.2) is 0 Å². The van der Waals surface area contributed by atoms with Gasteiger partial charge in [0.2, 0.25) is 0 Å². The summed E-state index contributed by atoms with van der Waals surface area (Å²) in [5.41, 5.74) is 1.32. The molecule has 0 aliphatic heterocycles.